The molecule has 1 unspecified atom stereocenters. The molecule has 120 valence electrons. The van der Waals surface area contributed by atoms with Crippen LogP contribution in [0, 0.1) is 0 Å². The lowest BCUT2D eigenvalue weighted by Crippen LogP contribution is -2.25. The van der Waals surface area contributed by atoms with Crippen LogP contribution in [0.3, 0.4) is 0 Å². The van der Waals surface area contributed by atoms with Crippen LogP contribution in [-0.4, -0.2) is 28.3 Å². The molecule has 0 aliphatic heterocycles. The molecule has 2 aromatic heterocycles. The second kappa shape index (κ2) is 8.51. The largest absolute Gasteiger partial charge is 0.425 e. The Morgan fingerprint density at radius 3 is 2.77 bits per heavy atom. The van der Waals surface area contributed by atoms with Crippen LogP contribution in [0.15, 0.2) is 28.8 Å². The van der Waals surface area contributed by atoms with E-state index in [9.17, 15) is 0 Å². The molecule has 22 heavy (non-hydrogen) atoms. The van der Waals surface area contributed by atoms with Gasteiger partial charge < -0.3 is 9.32 Å². The predicted octanol–water partition coefficient (Wildman–Crippen LogP) is 3.83. The van der Waals surface area contributed by atoms with E-state index in [0.717, 1.165) is 56.4 Å². The minimum Gasteiger partial charge on any atom is -0.425 e. The number of anilines is 1. The molecule has 0 fully saturated rings. The molecule has 2 rings (SSSR count). The monoisotopic (exact) mass is 302 g/mol. The van der Waals surface area contributed by atoms with E-state index in [0.29, 0.717) is 0 Å². The fourth-order valence-corrected chi connectivity index (χ4v) is 2.34. The van der Waals surface area contributed by atoms with Gasteiger partial charge >= 0.3 is 0 Å². The number of hydrogen-bond acceptors (Lipinski definition) is 5. The van der Waals surface area contributed by atoms with Crippen LogP contribution in [-0.2, 0) is 6.42 Å². The van der Waals surface area contributed by atoms with E-state index in [1.807, 2.05) is 24.4 Å². The van der Waals surface area contributed by atoms with Crippen molar-refractivity contribution in [2.75, 3.05) is 18.0 Å². The molecule has 5 nitrogen and oxygen atoms in total. The van der Waals surface area contributed by atoms with E-state index < -0.39 is 0 Å². The van der Waals surface area contributed by atoms with Crippen molar-refractivity contribution >= 4 is 5.82 Å². The predicted molar refractivity (Wildman–Crippen MR) is 88.1 cm³/mol. The van der Waals surface area contributed by atoms with E-state index in [1.165, 1.54) is 0 Å². The molecule has 0 radical (unpaired) electrons. The Labute approximate surface area is 132 Å². The van der Waals surface area contributed by atoms with Crippen molar-refractivity contribution in [1.29, 1.82) is 0 Å². The third kappa shape index (κ3) is 4.55. The summed E-state index contributed by atoms with van der Waals surface area (Å²) in [6.07, 6.45) is 5.92. The average molecular weight is 302 g/mol. The first-order chi connectivity index (χ1) is 10.7. The number of aryl methyl sites for hydroxylation is 1. The molecule has 0 bridgehead atoms. The first-order valence-electron chi connectivity index (χ1n) is 8.22. The zero-order valence-corrected chi connectivity index (χ0v) is 13.8. The van der Waals surface area contributed by atoms with Gasteiger partial charge in [0.2, 0.25) is 11.8 Å². The molecule has 5 heteroatoms. The number of rotatable bonds is 9. The van der Waals surface area contributed by atoms with Crippen LogP contribution in [0.5, 0.6) is 0 Å². The second-order valence-electron chi connectivity index (χ2n) is 5.59. The van der Waals surface area contributed by atoms with Gasteiger partial charge in [-0.25, -0.2) is 4.98 Å². The Balaban J connectivity index is 1.88. The van der Waals surface area contributed by atoms with Gasteiger partial charge in [-0.15, -0.1) is 10.2 Å². The normalized spacial score (nSPS) is 12.3. The highest BCUT2D eigenvalue weighted by molar-refractivity contribution is 5.37. The Hall–Kier alpha value is -1.91. The summed E-state index contributed by atoms with van der Waals surface area (Å²) in [4.78, 5) is 6.68. The molecule has 0 amide bonds. The van der Waals surface area contributed by atoms with E-state index in [4.69, 9.17) is 4.42 Å². The van der Waals surface area contributed by atoms with Crippen LogP contribution in [0.25, 0.3) is 0 Å². The van der Waals surface area contributed by atoms with Crippen molar-refractivity contribution in [3.8, 4) is 0 Å². The molecular formula is C17H26N4O. The van der Waals surface area contributed by atoms with Crippen molar-refractivity contribution in [2.24, 2.45) is 0 Å². The van der Waals surface area contributed by atoms with Crippen LogP contribution in [0.1, 0.15) is 57.7 Å². The Bertz CT molecular complexity index is 541. The van der Waals surface area contributed by atoms with Crippen molar-refractivity contribution in [1.82, 2.24) is 15.2 Å². The number of unbranched alkanes of at least 4 members (excludes halogenated alkanes) is 1. The molecule has 1 atom stereocenters. The fraction of sp³-hybridized carbons (Fsp3) is 0.588. The SMILES string of the molecule is CCCCc1nnc(C(C)CCN(CC)c2ccccn2)o1. The summed E-state index contributed by atoms with van der Waals surface area (Å²) in [5.74, 6) is 2.80. The Kier molecular flexibility index (Phi) is 6.37. The fourth-order valence-electron chi connectivity index (χ4n) is 2.34. The van der Waals surface area contributed by atoms with Crippen molar-refractivity contribution in [3.63, 3.8) is 0 Å². The standard InChI is InChI=1S/C17H26N4O/c1-4-6-10-16-19-20-17(22-16)14(3)11-13-21(5-2)15-9-7-8-12-18-15/h7-9,12,14H,4-6,10-11,13H2,1-3H3. The Morgan fingerprint density at radius 1 is 1.23 bits per heavy atom. The van der Waals surface area contributed by atoms with Crippen LogP contribution in [0.4, 0.5) is 5.82 Å². The number of nitrogens with zero attached hydrogens (tertiary/aromatic N) is 4. The third-order valence-electron chi connectivity index (χ3n) is 3.84. The molecule has 0 saturated carbocycles. The van der Waals surface area contributed by atoms with Gasteiger partial charge in [0.25, 0.3) is 0 Å². The lowest BCUT2D eigenvalue weighted by Gasteiger charge is -2.22. The molecule has 0 aliphatic rings. The van der Waals surface area contributed by atoms with Crippen LogP contribution >= 0.6 is 0 Å². The highest BCUT2D eigenvalue weighted by Gasteiger charge is 2.15. The molecule has 0 aromatic carbocycles. The maximum Gasteiger partial charge on any atom is 0.219 e. The Morgan fingerprint density at radius 2 is 2.09 bits per heavy atom. The summed E-state index contributed by atoms with van der Waals surface area (Å²) >= 11 is 0. The molecule has 0 spiro atoms. The van der Waals surface area contributed by atoms with E-state index in [2.05, 4.69) is 40.9 Å². The van der Waals surface area contributed by atoms with Gasteiger partial charge in [0.05, 0.1) is 0 Å². The summed E-state index contributed by atoms with van der Waals surface area (Å²) in [5, 5.41) is 8.33. The topological polar surface area (TPSA) is 55.1 Å². The van der Waals surface area contributed by atoms with Crippen molar-refractivity contribution < 1.29 is 4.42 Å². The summed E-state index contributed by atoms with van der Waals surface area (Å²) in [5.41, 5.74) is 0. The quantitative estimate of drug-likeness (QED) is 0.704. The van der Waals surface area contributed by atoms with Gasteiger partial charge in [-0.3, -0.25) is 0 Å². The summed E-state index contributed by atoms with van der Waals surface area (Å²) in [6, 6.07) is 6.01. The molecule has 2 aromatic rings. The molecule has 0 aliphatic carbocycles. The average Bonchev–Trinajstić information content (AvgIpc) is 3.03. The van der Waals surface area contributed by atoms with E-state index in [1.54, 1.807) is 0 Å². The number of aromatic nitrogens is 3. The summed E-state index contributed by atoms with van der Waals surface area (Å²) < 4.78 is 5.76. The molecular weight excluding hydrogens is 276 g/mol. The zero-order valence-electron chi connectivity index (χ0n) is 13.8. The van der Waals surface area contributed by atoms with Gasteiger partial charge in [0, 0.05) is 31.6 Å². The zero-order chi connectivity index (χ0) is 15.8. The lowest BCUT2D eigenvalue weighted by molar-refractivity contribution is 0.411. The molecule has 2 heterocycles. The van der Waals surface area contributed by atoms with Crippen LogP contribution in [0.2, 0.25) is 0 Å². The number of hydrogen-bond donors (Lipinski definition) is 0. The van der Waals surface area contributed by atoms with Gasteiger partial charge in [-0.05, 0) is 31.9 Å². The smallest absolute Gasteiger partial charge is 0.219 e. The second-order valence-corrected chi connectivity index (χ2v) is 5.59. The van der Waals surface area contributed by atoms with Crippen molar-refractivity contribution in [3.05, 3.63) is 36.2 Å². The first-order valence-corrected chi connectivity index (χ1v) is 8.22. The molecule has 0 N–H and O–H groups in total. The van der Waals surface area contributed by atoms with Crippen molar-refractivity contribution in [2.45, 2.75) is 52.4 Å². The van der Waals surface area contributed by atoms with Gasteiger partial charge in [0.1, 0.15) is 5.82 Å². The van der Waals surface area contributed by atoms with E-state index >= 15 is 0 Å². The van der Waals surface area contributed by atoms with Crippen LogP contribution < -0.4 is 4.90 Å². The maximum atomic E-state index is 5.76. The first kappa shape index (κ1) is 16.5. The van der Waals surface area contributed by atoms with Gasteiger partial charge in [-0.1, -0.05) is 26.3 Å². The minimum absolute atomic E-state index is 0.264. The highest BCUT2D eigenvalue weighted by atomic mass is 16.4. The highest BCUT2D eigenvalue weighted by Crippen LogP contribution is 2.20. The minimum atomic E-state index is 0.264. The van der Waals surface area contributed by atoms with Gasteiger partial charge in [-0.2, -0.15) is 0 Å². The maximum absolute atomic E-state index is 5.76. The third-order valence-corrected chi connectivity index (χ3v) is 3.84. The van der Waals surface area contributed by atoms with E-state index in [-0.39, 0.29) is 5.92 Å². The number of pyridine rings is 1. The lowest BCUT2D eigenvalue weighted by atomic mass is 10.1. The summed E-state index contributed by atoms with van der Waals surface area (Å²) in [7, 11) is 0. The molecule has 0 saturated heterocycles. The van der Waals surface area contributed by atoms with Gasteiger partial charge in [0.15, 0.2) is 0 Å². The summed E-state index contributed by atoms with van der Waals surface area (Å²) in [6.45, 7) is 8.33.